The van der Waals surface area contributed by atoms with Gasteiger partial charge in [0.05, 0.1) is 6.61 Å². The van der Waals surface area contributed by atoms with Gasteiger partial charge in [0, 0.05) is 31.7 Å². The summed E-state index contributed by atoms with van der Waals surface area (Å²) in [5.41, 5.74) is 0. The first-order valence-corrected chi connectivity index (χ1v) is 6.29. The summed E-state index contributed by atoms with van der Waals surface area (Å²) in [4.78, 5) is 2.53. The summed E-state index contributed by atoms with van der Waals surface area (Å²) in [6.45, 7) is 10.4. The Hall–Kier alpha value is -0.120. The van der Waals surface area contributed by atoms with E-state index < -0.39 is 0 Å². The van der Waals surface area contributed by atoms with Gasteiger partial charge < -0.3 is 10.4 Å². The molecule has 0 spiro atoms. The number of aliphatic hydroxyl groups excluding tert-OH is 1. The van der Waals surface area contributed by atoms with Gasteiger partial charge >= 0.3 is 0 Å². The van der Waals surface area contributed by atoms with Gasteiger partial charge in [-0.1, -0.05) is 13.8 Å². The van der Waals surface area contributed by atoms with Crippen molar-refractivity contribution in [2.75, 3.05) is 26.2 Å². The van der Waals surface area contributed by atoms with Crippen LogP contribution in [0.4, 0.5) is 0 Å². The van der Waals surface area contributed by atoms with Crippen molar-refractivity contribution < 1.29 is 5.11 Å². The van der Waals surface area contributed by atoms with Gasteiger partial charge in [0.1, 0.15) is 0 Å². The molecule has 3 nitrogen and oxygen atoms in total. The van der Waals surface area contributed by atoms with E-state index in [1.165, 1.54) is 19.5 Å². The number of rotatable bonds is 7. The van der Waals surface area contributed by atoms with E-state index in [4.69, 9.17) is 5.11 Å². The van der Waals surface area contributed by atoms with Crippen molar-refractivity contribution in [3.63, 3.8) is 0 Å². The highest BCUT2D eigenvalue weighted by Gasteiger charge is 2.29. The number of aliphatic hydroxyl groups is 1. The van der Waals surface area contributed by atoms with Crippen LogP contribution in [0.1, 0.15) is 33.6 Å². The van der Waals surface area contributed by atoms with Crippen LogP contribution < -0.4 is 5.32 Å². The average Bonchev–Trinajstić information content (AvgIpc) is 2.21. The van der Waals surface area contributed by atoms with Crippen LogP contribution in [0.5, 0.6) is 0 Å². The van der Waals surface area contributed by atoms with Crippen LogP contribution in [-0.4, -0.2) is 48.3 Å². The van der Waals surface area contributed by atoms with Crippen molar-refractivity contribution in [3.8, 4) is 0 Å². The second-order valence-corrected chi connectivity index (χ2v) is 4.77. The molecule has 0 radical (unpaired) electrons. The summed E-state index contributed by atoms with van der Waals surface area (Å²) in [6, 6.07) is 1.03. The predicted molar refractivity (Wildman–Crippen MR) is 64.0 cm³/mol. The molecular weight excluding hydrogens is 188 g/mol. The van der Waals surface area contributed by atoms with Gasteiger partial charge in [-0.2, -0.15) is 0 Å². The van der Waals surface area contributed by atoms with Crippen molar-refractivity contribution in [2.24, 2.45) is 5.92 Å². The maximum Gasteiger partial charge on any atom is 0.0584 e. The lowest BCUT2D eigenvalue weighted by molar-refractivity contribution is 0.0552. The molecule has 1 aliphatic rings. The predicted octanol–water partition coefficient (Wildman–Crippen LogP) is 1.08. The third kappa shape index (κ3) is 3.74. The highest BCUT2D eigenvalue weighted by Crippen LogP contribution is 2.19. The van der Waals surface area contributed by atoms with Crippen molar-refractivity contribution in [1.29, 1.82) is 0 Å². The van der Waals surface area contributed by atoms with Crippen LogP contribution in [-0.2, 0) is 0 Å². The first kappa shape index (κ1) is 12.9. The van der Waals surface area contributed by atoms with Crippen LogP contribution in [0.15, 0.2) is 0 Å². The first-order valence-electron chi connectivity index (χ1n) is 6.29. The van der Waals surface area contributed by atoms with Gasteiger partial charge in [-0.25, -0.2) is 0 Å². The van der Waals surface area contributed by atoms with E-state index in [1.54, 1.807) is 0 Å². The summed E-state index contributed by atoms with van der Waals surface area (Å²) in [5, 5.41) is 12.5. The lowest BCUT2D eigenvalue weighted by atomic mass is 9.97. The number of nitrogens with zero attached hydrogens (tertiary/aromatic N) is 1. The van der Waals surface area contributed by atoms with Gasteiger partial charge in [-0.05, 0) is 25.7 Å². The molecule has 1 saturated heterocycles. The molecule has 1 fully saturated rings. The Morgan fingerprint density at radius 1 is 1.33 bits per heavy atom. The third-order valence-corrected chi connectivity index (χ3v) is 3.61. The van der Waals surface area contributed by atoms with E-state index >= 15 is 0 Å². The molecule has 1 aliphatic heterocycles. The number of hydrogen-bond donors (Lipinski definition) is 2. The molecule has 2 unspecified atom stereocenters. The molecule has 0 aromatic carbocycles. The molecule has 0 aliphatic carbocycles. The van der Waals surface area contributed by atoms with Crippen LogP contribution >= 0.6 is 0 Å². The average molecular weight is 214 g/mol. The van der Waals surface area contributed by atoms with E-state index in [-0.39, 0.29) is 6.61 Å². The molecule has 15 heavy (non-hydrogen) atoms. The lowest BCUT2D eigenvalue weighted by Crippen LogP contribution is -2.55. The Balaban J connectivity index is 2.07. The van der Waals surface area contributed by atoms with Crippen LogP contribution in [0.2, 0.25) is 0 Å². The SMILES string of the molecule is CCC(CO)NCC1CN(C(C)CC)C1. The molecular formula is C12H26N2O. The summed E-state index contributed by atoms with van der Waals surface area (Å²) in [7, 11) is 0. The minimum absolute atomic E-state index is 0.262. The lowest BCUT2D eigenvalue weighted by Gasteiger charge is -2.43. The fourth-order valence-corrected chi connectivity index (χ4v) is 2.03. The standard InChI is InChI=1S/C12H26N2O/c1-4-10(3)14-7-11(8-14)6-13-12(5-2)9-15/h10-13,15H,4-9H2,1-3H3. The fourth-order valence-electron chi connectivity index (χ4n) is 2.03. The molecule has 0 aromatic rings. The Morgan fingerprint density at radius 2 is 2.00 bits per heavy atom. The summed E-state index contributed by atoms with van der Waals surface area (Å²) < 4.78 is 0. The molecule has 0 saturated carbocycles. The summed E-state index contributed by atoms with van der Waals surface area (Å²) in [5.74, 6) is 0.791. The van der Waals surface area contributed by atoms with Gasteiger partial charge in [-0.15, -0.1) is 0 Å². The molecule has 0 bridgehead atoms. The van der Waals surface area contributed by atoms with E-state index in [1.807, 2.05) is 0 Å². The molecule has 90 valence electrons. The number of likely N-dealkylation sites (tertiary alicyclic amines) is 1. The monoisotopic (exact) mass is 214 g/mol. The van der Waals surface area contributed by atoms with Gasteiger partial charge in [-0.3, -0.25) is 4.90 Å². The second-order valence-electron chi connectivity index (χ2n) is 4.77. The van der Waals surface area contributed by atoms with Crippen LogP contribution in [0.25, 0.3) is 0 Å². The number of hydrogen-bond acceptors (Lipinski definition) is 3. The van der Waals surface area contributed by atoms with E-state index in [9.17, 15) is 0 Å². The molecule has 0 aromatic heterocycles. The van der Waals surface area contributed by atoms with Gasteiger partial charge in [0.25, 0.3) is 0 Å². The van der Waals surface area contributed by atoms with E-state index in [0.717, 1.165) is 24.9 Å². The Bertz CT molecular complexity index is 165. The van der Waals surface area contributed by atoms with E-state index in [2.05, 4.69) is 31.0 Å². The smallest absolute Gasteiger partial charge is 0.0584 e. The molecule has 2 atom stereocenters. The molecule has 2 N–H and O–H groups in total. The van der Waals surface area contributed by atoms with E-state index in [0.29, 0.717) is 6.04 Å². The maximum absolute atomic E-state index is 9.03. The topological polar surface area (TPSA) is 35.5 Å². The fraction of sp³-hybridized carbons (Fsp3) is 1.00. The molecule has 0 amide bonds. The zero-order valence-electron chi connectivity index (χ0n) is 10.4. The Labute approximate surface area is 93.9 Å². The maximum atomic E-state index is 9.03. The van der Waals surface area contributed by atoms with Gasteiger partial charge in [0.15, 0.2) is 0 Å². The highest BCUT2D eigenvalue weighted by atomic mass is 16.3. The molecule has 1 heterocycles. The van der Waals surface area contributed by atoms with Crippen molar-refractivity contribution in [3.05, 3.63) is 0 Å². The van der Waals surface area contributed by atoms with Crippen LogP contribution in [0.3, 0.4) is 0 Å². The second kappa shape index (κ2) is 6.46. The largest absolute Gasteiger partial charge is 0.395 e. The Kier molecular flexibility index (Phi) is 5.58. The summed E-state index contributed by atoms with van der Waals surface area (Å²) >= 11 is 0. The highest BCUT2D eigenvalue weighted by molar-refractivity contribution is 4.85. The number of nitrogens with one attached hydrogen (secondary N) is 1. The quantitative estimate of drug-likeness (QED) is 0.665. The first-order chi connectivity index (χ1) is 7.21. The van der Waals surface area contributed by atoms with Crippen LogP contribution in [0, 0.1) is 5.92 Å². The zero-order valence-corrected chi connectivity index (χ0v) is 10.4. The molecule has 1 rings (SSSR count). The normalized spacial score (nSPS) is 22.4. The minimum Gasteiger partial charge on any atom is -0.395 e. The van der Waals surface area contributed by atoms with Gasteiger partial charge in [0.2, 0.25) is 0 Å². The third-order valence-electron chi connectivity index (χ3n) is 3.61. The van der Waals surface area contributed by atoms with Crippen molar-refractivity contribution in [1.82, 2.24) is 10.2 Å². The molecule has 3 heteroatoms. The zero-order chi connectivity index (χ0) is 11.3. The van der Waals surface area contributed by atoms with Crippen molar-refractivity contribution >= 4 is 0 Å². The Morgan fingerprint density at radius 3 is 2.47 bits per heavy atom. The minimum atomic E-state index is 0.262. The van der Waals surface area contributed by atoms with Crippen molar-refractivity contribution in [2.45, 2.75) is 45.7 Å². The summed E-state index contributed by atoms with van der Waals surface area (Å²) in [6.07, 6.45) is 2.26.